The number of benzene rings is 1. The molecular weight excluding hydrogens is 230 g/mol. The van der Waals surface area contributed by atoms with Gasteiger partial charge in [-0.15, -0.1) is 0 Å². The smallest absolute Gasteiger partial charge is 0.326 e. The van der Waals surface area contributed by atoms with Crippen LogP contribution in [0.1, 0.15) is 26.7 Å². The average molecular weight is 251 g/mol. The fourth-order valence-electron chi connectivity index (χ4n) is 2.01. The summed E-state index contributed by atoms with van der Waals surface area (Å²) in [6, 6.07) is 7.04. The van der Waals surface area contributed by atoms with Crippen molar-refractivity contribution in [3.8, 4) is 5.75 Å². The largest absolute Gasteiger partial charge is 0.497 e. The van der Waals surface area contributed by atoms with Gasteiger partial charge in [-0.05, 0) is 37.1 Å². The van der Waals surface area contributed by atoms with E-state index >= 15 is 0 Å². The molecule has 0 radical (unpaired) electrons. The summed E-state index contributed by atoms with van der Waals surface area (Å²) in [4.78, 5) is 13.2. The number of methoxy groups -OCH3 is 1. The number of hydrogen-bond acceptors (Lipinski definition) is 3. The van der Waals surface area contributed by atoms with Crippen molar-refractivity contribution < 1.29 is 14.6 Å². The molecule has 4 nitrogen and oxygen atoms in total. The van der Waals surface area contributed by atoms with E-state index in [9.17, 15) is 9.90 Å². The molecule has 0 aliphatic heterocycles. The molecule has 0 bridgehead atoms. The van der Waals surface area contributed by atoms with Gasteiger partial charge < -0.3 is 14.7 Å². The summed E-state index contributed by atoms with van der Waals surface area (Å²) in [5.41, 5.74) is 0.923. The Morgan fingerprint density at radius 3 is 2.33 bits per heavy atom. The third-order valence-electron chi connectivity index (χ3n) is 2.92. The molecule has 1 unspecified atom stereocenters. The van der Waals surface area contributed by atoms with Crippen LogP contribution >= 0.6 is 0 Å². The van der Waals surface area contributed by atoms with Gasteiger partial charge in [0.15, 0.2) is 0 Å². The van der Waals surface area contributed by atoms with Crippen LogP contribution in [0.25, 0.3) is 0 Å². The molecule has 1 rings (SSSR count). The zero-order valence-corrected chi connectivity index (χ0v) is 11.2. The third kappa shape index (κ3) is 3.39. The van der Waals surface area contributed by atoms with E-state index in [1.54, 1.807) is 7.11 Å². The first-order valence-corrected chi connectivity index (χ1v) is 6.27. The first kappa shape index (κ1) is 14.4. The summed E-state index contributed by atoms with van der Waals surface area (Å²) in [6.45, 7) is 4.67. The molecule has 0 spiro atoms. The molecule has 0 amide bonds. The Morgan fingerprint density at radius 1 is 1.33 bits per heavy atom. The average Bonchev–Trinajstić information content (AvgIpc) is 2.38. The quantitative estimate of drug-likeness (QED) is 0.809. The van der Waals surface area contributed by atoms with E-state index in [-0.39, 0.29) is 0 Å². The molecule has 1 aromatic rings. The summed E-state index contributed by atoms with van der Waals surface area (Å²) in [5, 5.41) is 9.27. The Labute approximate surface area is 108 Å². The van der Waals surface area contributed by atoms with Crippen molar-refractivity contribution in [2.45, 2.75) is 32.7 Å². The SMILES string of the molecule is CCCN(c1ccc(OC)cc1)C(CC)C(=O)O. The number of ether oxygens (including phenoxy) is 1. The number of carboxylic acid groups (broad SMARTS) is 1. The molecule has 0 aliphatic rings. The minimum atomic E-state index is -0.776. The Balaban J connectivity index is 2.98. The zero-order valence-electron chi connectivity index (χ0n) is 11.2. The monoisotopic (exact) mass is 251 g/mol. The van der Waals surface area contributed by atoms with Gasteiger partial charge in [-0.1, -0.05) is 13.8 Å². The van der Waals surface area contributed by atoms with Crippen LogP contribution < -0.4 is 9.64 Å². The van der Waals surface area contributed by atoms with Crippen molar-refractivity contribution >= 4 is 11.7 Å². The van der Waals surface area contributed by atoms with E-state index in [1.807, 2.05) is 43.0 Å². The van der Waals surface area contributed by atoms with Gasteiger partial charge in [0.2, 0.25) is 0 Å². The van der Waals surface area contributed by atoms with Crippen molar-refractivity contribution in [3.63, 3.8) is 0 Å². The number of anilines is 1. The lowest BCUT2D eigenvalue weighted by Crippen LogP contribution is -2.41. The zero-order chi connectivity index (χ0) is 13.5. The molecule has 0 aromatic heterocycles. The maximum atomic E-state index is 11.3. The van der Waals surface area contributed by atoms with Crippen LogP contribution in [0.5, 0.6) is 5.75 Å². The first-order chi connectivity index (χ1) is 8.63. The topological polar surface area (TPSA) is 49.8 Å². The summed E-state index contributed by atoms with van der Waals surface area (Å²) < 4.78 is 5.11. The molecular formula is C14H21NO3. The molecule has 1 N–H and O–H groups in total. The standard InChI is InChI=1S/C14H21NO3/c1-4-10-15(13(5-2)14(16)17)11-6-8-12(18-3)9-7-11/h6-9,13H,4-5,10H2,1-3H3,(H,16,17). The van der Waals surface area contributed by atoms with E-state index in [1.165, 1.54) is 0 Å². The molecule has 0 aliphatic carbocycles. The molecule has 0 saturated carbocycles. The number of rotatable bonds is 7. The highest BCUT2D eigenvalue weighted by Gasteiger charge is 2.23. The molecule has 1 aromatic carbocycles. The van der Waals surface area contributed by atoms with E-state index in [2.05, 4.69) is 0 Å². The highest BCUT2D eigenvalue weighted by atomic mass is 16.5. The number of aliphatic carboxylic acids is 1. The Bertz CT molecular complexity index is 375. The van der Waals surface area contributed by atoms with Gasteiger partial charge in [0.25, 0.3) is 0 Å². The van der Waals surface area contributed by atoms with E-state index in [0.717, 1.165) is 24.4 Å². The van der Waals surface area contributed by atoms with Crippen LogP contribution in [0, 0.1) is 0 Å². The van der Waals surface area contributed by atoms with Crippen LogP contribution in [-0.4, -0.2) is 30.8 Å². The second-order valence-corrected chi connectivity index (χ2v) is 4.15. The molecule has 4 heteroatoms. The van der Waals surface area contributed by atoms with Crippen molar-refractivity contribution in [2.24, 2.45) is 0 Å². The Hall–Kier alpha value is -1.71. The molecule has 1 atom stereocenters. The summed E-state index contributed by atoms with van der Waals surface area (Å²) >= 11 is 0. The van der Waals surface area contributed by atoms with Crippen LogP contribution in [0.3, 0.4) is 0 Å². The van der Waals surface area contributed by atoms with Gasteiger partial charge in [0.1, 0.15) is 11.8 Å². The number of carbonyl (C=O) groups is 1. The minimum Gasteiger partial charge on any atom is -0.497 e. The lowest BCUT2D eigenvalue weighted by Gasteiger charge is -2.30. The molecule has 0 fully saturated rings. The van der Waals surface area contributed by atoms with Crippen molar-refractivity contribution in [2.75, 3.05) is 18.6 Å². The van der Waals surface area contributed by atoms with E-state index in [0.29, 0.717) is 6.42 Å². The van der Waals surface area contributed by atoms with Crippen molar-refractivity contribution in [1.82, 2.24) is 0 Å². The second kappa shape index (κ2) is 6.89. The normalized spacial score (nSPS) is 11.9. The maximum absolute atomic E-state index is 11.3. The molecule has 0 saturated heterocycles. The predicted molar refractivity (Wildman–Crippen MR) is 72.3 cm³/mol. The molecule has 0 heterocycles. The minimum absolute atomic E-state index is 0.474. The van der Waals surface area contributed by atoms with Gasteiger partial charge in [-0.3, -0.25) is 0 Å². The van der Waals surface area contributed by atoms with E-state index < -0.39 is 12.0 Å². The molecule has 100 valence electrons. The van der Waals surface area contributed by atoms with Crippen LogP contribution in [0.2, 0.25) is 0 Å². The van der Waals surface area contributed by atoms with Crippen LogP contribution in [0.4, 0.5) is 5.69 Å². The summed E-state index contributed by atoms with van der Waals surface area (Å²) in [5.74, 6) is 0.000315. The first-order valence-electron chi connectivity index (χ1n) is 6.27. The van der Waals surface area contributed by atoms with E-state index in [4.69, 9.17) is 4.74 Å². The van der Waals surface area contributed by atoms with Gasteiger partial charge in [-0.2, -0.15) is 0 Å². The summed E-state index contributed by atoms with van der Waals surface area (Å²) in [6.07, 6.45) is 1.50. The third-order valence-corrected chi connectivity index (χ3v) is 2.92. The Kier molecular flexibility index (Phi) is 5.49. The van der Waals surface area contributed by atoms with Crippen molar-refractivity contribution in [3.05, 3.63) is 24.3 Å². The van der Waals surface area contributed by atoms with Crippen molar-refractivity contribution in [1.29, 1.82) is 0 Å². The highest BCUT2D eigenvalue weighted by molar-refractivity contribution is 5.78. The fourth-order valence-corrected chi connectivity index (χ4v) is 2.01. The predicted octanol–water partition coefficient (Wildman–Crippen LogP) is 2.77. The number of carboxylic acids is 1. The lowest BCUT2D eigenvalue weighted by molar-refractivity contribution is -0.138. The van der Waals surface area contributed by atoms with Crippen LogP contribution in [0.15, 0.2) is 24.3 Å². The molecule has 18 heavy (non-hydrogen) atoms. The number of nitrogens with zero attached hydrogens (tertiary/aromatic N) is 1. The highest BCUT2D eigenvalue weighted by Crippen LogP contribution is 2.22. The van der Waals surface area contributed by atoms with Gasteiger partial charge >= 0.3 is 5.97 Å². The fraction of sp³-hybridized carbons (Fsp3) is 0.500. The van der Waals surface area contributed by atoms with Gasteiger partial charge in [0, 0.05) is 12.2 Å². The Morgan fingerprint density at radius 2 is 1.94 bits per heavy atom. The second-order valence-electron chi connectivity index (χ2n) is 4.15. The van der Waals surface area contributed by atoms with Gasteiger partial charge in [-0.25, -0.2) is 4.79 Å². The number of hydrogen-bond donors (Lipinski definition) is 1. The van der Waals surface area contributed by atoms with Gasteiger partial charge in [0.05, 0.1) is 7.11 Å². The summed E-state index contributed by atoms with van der Waals surface area (Å²) in [7, 11) is 1.62. The van der Waals surface area contributed by atoms with Crippen LogP contribution in [-0.2, 0) is 4.79 Å². The maximum Gasteiger partial charge on any atom is 0.326 e. The lowest BCUT2D eigenvalue weighted by atomic mass is 10.1.